The van der Waals surface area contributed by atoms with Gasteiger partial charge < -0.3 is 19.4 Å². The molecule has 0 saturated carbocycles. The van der Waals surface area contributed by atoms with E-state index in [0.29, 0.717) is 17.1 Å². The van der Waals surface area contributed by atoms with Gasteiger partial charge in [-0.3, -0.25) is 9.59 Å². The van der Waals surface area contributed by atoms with Gasteiger partial charge in [-0.05, 0) is 50.2 Å². The molecule has 1 heterocycles. The minimum atomic E-state index is -0.346. The van der Waals surface area contributed by atoms with Gasteiger partial charge in [0.1, 0.15) is 18.1 Å². The van der Waals surface area contributed by atoms with Gasteiger partial charge in [0.25, 0.3) is 5.91 Å². The number of amides is 1. The molecule has 3 aromatic rings. The summed E-state index contributed by atoms with van der Waals surface area (Å²) >= 11 is 0. The number of benzene rings is 2. The number of imidazole rings is 1. The van der Waals surface area contributed by atoms with Crippen molar-refractivity contribution in [2.75, 3.05) is 7.11 Å². The Morgan fingerprint density at radius 1 is 1.11 bits per heavy atom. The van der Waals surface area contributed by atoms with Gasteiger partial charge in [-0.15, -0.1) is 0 Å². The van der Waals surface area contributed by atoms with Crippen molar-refractivity contribution in [3.05, 3.63) is 59.9 Å². The maximum absolute atomic E-state index is 12.4. The predicted octanol–water partition coefficient (Wildman–Crippen LogP) is 2.93. The number of carbonyl (C=O) groups is 2. The topological polar surface area (TPSA) is 82.5 Å². The number of aromatic nitrogens is 2. The van der Waals surface area contributed by atoms with E-state index in [1.54, 1.807) is 49.8 Å². The van der Waals surface area contributed by atoms with Crippen molar-refractivity contribution in [2.24, 2.45) is 0 Å². The highest BCUT2D eigenvalue weighted by molar-refractivity contribution is 5.94. The van der Waals surface area contributed by atoms with Gasteiger partial charge in [-0.25, -0.2) is 4.98 Å². The van der Waals surface area contributed by atoms with E-state index in [2.05, 4.69) is 10.3 Å². The van der Waals surface area contributed by atoms with E-state index in [0.717, 1.165) is 11.0 Å². The molecule has 0 unspecified atom stereocenters. The van der Waals surface area contributed by atoms with Crippen LogP contribution in [-0.2, 0) is 22.6 Å². The van der Waals surface area contributed by atoms with Crippen molar-refractivity contribution in [1.82, 2.24) is 14.9 Å². The summed E-state index contributed by atoms with van der Waals surface area (Å²) in [6, 6.07) is 14.4. The number of fused-ring (bicyclic) bond motifs is 1. The number of methoxy groups -OCH3 is 1. The van der Waals surface area contributed by atoms with Gasteiger partial charge in [0.05, 0.1) is 30.8 Å². The summed E-state index contributed by atoms with van der Waals surface area (Å²) < 4.78 is 12.1. The molecule has 146 valence electrons. The Kier molecular flexibility index (Phi) is 5.93. The summed E-state index contributed by atoms with van der Waals surface area (Å²) in [5, 5.41) is 2.85. The van der Waals surface area contributed by atoms with E-state index in [-0.39, 0.29) is 31.1 Å². The first kappa shape index (κ1) is 19.4. The van der Waals surface area contributed by atoms with E-state index in [1.807, 2.05) is 24.3 Å². The van der Waals surface area contributed by atoms with E-state index < -0.39 is 0 Å². The lowest BCUT2D eigenvalue weighted by Gasteiger charge is -2.12. The highest BCUT2D eigenvalue weighted by Crippen LogP contribution is 2.17. The maximum Gasteiger partial charge on any atom is 0.326 e. The molecule has 0 radical (unpaired) electrons. The number of hydrogen-bond donors (Lipinski definition) is 1. The van der Waals surface area contributed by atoms with Crippen molar-refractivity contribution in [1.29, 1.82) is 0 Å². The Bertz CT molecular complexity index is 977. The lowest BCUT2D eigenvalue weighted by Crippen LogP contribution is -2.26. The van der Waals surface area contributed by atoms with Crippen molar-refractivity contribution < 1.29 is 19.1 Å². The number of esters is 1. The molecule has 0 bridgehead atoms. The third-order valence-electron chi connectivity index (χ3n) is 4.15. The number of para-hydroxylation sites is 2. The molecule has 0 atom stereocenters. The molecule has 28 heavy (non-hydrogen) atoms. The average Bonchev–Trinajstić information content (AvgIpc) is 3.03. The molecule has 7 nitrogen and oxygen atoms in total. The fourth-order valence-electron chi connectivity index (χ4n) is 2.87. The Morgan fingerprint density at radius 3 is 2.50 bits per heavy atom. The highest BCUT2D eigenvalue weighted by Gasteiger charge is 2.16. The first-order chi connectivity index (χ1) is 13.5. The fourth-order valence-corrected chi connectivity index (χ4v) is 2.87. The molecular weight excluding hydrogens is 358 g/mol. The molecule has 0 fully saturated rings. The summed E-state index contributed by atoms with van der Waals surface area (Å²) in [5.41, 5.74) is 2.09. The van der Waals surface area contributed by atoms with Crippen LogP contribution in [0, 0.1) is 0 Å². The molecule has 1 aromatic heterocycles. The van der Waals surface area contributed by atoms with E-state index in [9.17, 15) is 9.59 Å². The smallest absolute Gasteiger partial charge is 0.326 e. The number of rotatable bonds is 7. The van der Waals surface area contributed by atoms with Crippen LogP contribution in [0.4, 0.5) is 0 Å². The number of nitrogens with zero attached hydrogens (tertiary/aromatic N) is 2. The van der Waals surface area contributed by atoms with Gasteiger partial charge in [0.15, 0.2) is 0 Å². The summed E-state index contributed by atoms with van der Waals surface area (Å²) in [4.78, 5) is 29.2. The molecule has 0 aliphatic heterocycles. The van der Waals surface area contributed by atoms with Crippen LogP contribution in [0.15, 0.2) is 48.5 Å². The largest absolute Gasteiger partial charge is 0.497 e. The van der Waals surface area contributed by atoms with Gasteiger partial charge >= 0.3 is 5.97 Å². The quantitative estimate of drug-likeness (QED) is 0.637. The minimum absolute atomic E-state index is 0.0342. The Hall–Kier alpha value is -3.35. The maximum atomic E-state index is 12.4. The first-order valence-electron chi connectivity index (χ1n) is 9.04. The molecule has 7 heteroatoms. The second-order valence-electron chi connectivity index (χ2n) is 6.55. The van der Waals surface area contributed by atoms with Gasteiger partial charge in [-0.1, -0.05) is 12.1 Å². The molecule has 0 saturated heterocycles. The minimum Gasteiger partial charge on any atom is -0.497 e. The lowest BCUT2D eigenvalue weighted by molar-refractivity contribution is -0.148. The average molecular weight is 381 g/mol. The third-order valence-corrected chi connectivity index (χ3v) is 4.15. The summed E-state index contributed by atoms with van der Waals surface area (Å²) in [5.74, 6) is 0.692. The zero-order chi connectivity index (χ0) is 20.1. The number of hydrogen-bond acceptors (Lipinski definition) is 5. The van der Waals surface area contributed by atoms with E-state index in [1.165, 1.54) is 0 Å². The van der Waals surface area contributed by atoms with Crippen LogP contribution in [0.25, 0.3) is 11.0 Å². The first-order valence-corrected chi connectivity index (χ1v) is 9.04. The number of carbonyl (C=O) groups excluding carboxylic acids is 2. The van der Waals surface area contributed by atoms with E-state index >= 15 is 0 Å². The van der Waals surface area contributed by atoms with Crippen LogP contribution in [0.5, 0.6) is 5.75 Å². The van der Waals surface area contributed by atoms with Crippen molar-refractivity contribution >= 4 is 22.9 Å². The van der Waals surface area contributed by atoms with Gasteiger partial charge in [0.2, 0.25) is 0 Å². The SMILES string of the molecule is COc1ccc(C(=O)NCc2nc3ccccc3n2CC(=O)OC(C)C)cc1. The Balaban J connectivity index is 1.78. The van der Waals surface area contributed by atoms with E-state index in [4.69, 9.17) is 9.47 Å². The molecule has 0 spiro atoms. The molecule has 1 amide bonds. The van der Waals surface area contributed by atoms with Crippen molar-refractivity contribution in [2.45, 2.75) is 33.0 Å². The monoisotopic (exact) mass is 381 g/mol. The van der Waals surface area contributed by atoms with Crippen molar-refractivity contribution in [3.8, 4) is 5.75 Å². The van der Waals surface area contributed by atoms with Crippen LogP contribution in [-0.4, -0.2) is 34.6 Å². The summed E-state index contributed by atoms with van der Waals surface area (Å²) in [7, 11) is 1.57. The summed E-state index contributed by atoms with van der Waals surface area (Å²) in [6.45, 7) is 3.83. The number of ether oxygens (including phenoxy) is 2. The number of nitrogens with one attached hydrogen (secondary N) is 1. The second-order valence-corrected chi connectivity index (χ2v) is 6.55. The molecule has 3 rings (SSSR count). The highest BCUT2D eigenvalue weighted by atomic mass is 16.5. The van der Waals surface area contributed by atoms with Crippen LogP contribution in [0.3, 0.4) is 0 Å². The molecule has 0 aliphatic carbocycles. The fraction of sp³-hybridized carbons (Fsp3) is 0.286. The van der Waals surface area contributed by atoms with Crippen LogP contribution < -0.4 is 10.1 Å². The molecule has 0 aliphatic rings. The summed E-state index contributed by atoms with van der Waals surface area (Å²) in [6.07, 6.45) is -0.194. The Labute approximate surface area is 163 Å². The molecule has 2 aromatic carbocycles. The van der Waals surface area contributed by atoms with Crippen LogP contribution in [0.1, 0.15) is 30.0 Å². The zero-order valence-corrected chi connectivity index (χ0v) is 16.1. The normalized spacial score (nSPS) is 10.9. The van der Waals surface area contributed by atoms with Gasteiger partial charge in [0, 0.05) is 5.56 Å². The van der Waals surface area contributed by atoms with Crippen LogP contribution in [0.2, 0.25) is 0 Å². The predicted molar refractivity (Wildman–Crippen MR) is 105 cm³/mol. The Morgan fingerprint density at radius 2 is 1.82 bits per heavy atom. The van der Waals surface area contributed by atoms with Gasteiger partial charge in [-0.2, -0.15) is 0 Å². The third kappa shape index (κ3) is 4.49. The molecular formula is C21H23N3O4. The molecule has 1 N–H and O–H groups in total. The van der Waals surface area contributed by atoms with Crippen molar-refractivity contribution in [3.63, 3.8) is 0 Å². The lowest BCUT2D eigenvalue weighted by atomic mass is 10.2. The second kappa shape index (κ2) is 8.56. The van der Waals surface area contributed by atoms with Crippen LogP contribution >= 0.6 is 0 Å². The standard InChI is InChI=1S/C21H23N3O4/c1-14(2)28-20(25)13-24-18-7-5-4-6-17(18)23-19(24)12-22-21(26)15-8-10-16(27-3)11-9-15/h4-11,14H,12-13H2,1-3H3,(H,22,26). The zero-order valence-electron chi connectivity index (χ0n) is 16.1.